The summed E-state index contributed by atoms with van der Waals surface area (Å²) in [5.74, 6) is 0.721. The Bertz CT molecular complexity index is 3220. The number of rotatable bonds is 6. The fraction of sp³-hybridized carbons (Fsp3) is 0.0714. The molecule has 61 heavy (non-hydrogen) atoms. The molecule has 5 nitrogen and oxygen atoms in total. The monoisotopic (exact) mass is 783 g/mol. The summed E-state index contributed by atoms with van der Waals surface area (Å²) in [7, 11) is 0. The third kappa shape index (κ3) is 5.33. The standard InChI is InChI=1S/C56H41N5/c1-37-18-17-29-52-54-53(56(2,61(37)52)42-23-11-5-12-24-42)46-35-41(31-33-51(46)59(54)43-25-13-6-14-26-43)40-30-32-50-45(34-40)44-27-15-16-28-49(44)60(50)55-57-47(38-19-7-3-8-20-38)36-48(58-55)39-21-9-4-10-22-39/h3-36,53H,1-2H3. The van der Waals surface area contributed by atoms with Crippen LogP contribution in [0.25, 0.3) is 61.4 Å². The second-order valence-corrected chi connectivity index (χ2v) is 16.4. The summed E-state index contributed by atoms with van der Waals surface area (Å²) in [6.45, 7) is 4.67. The SMILES string of the molecule is CC1=CC=CC2=C3C(c4cc(-c5ccc6c(c5)c5ccccc5n6-c5nc(-c6ccccc6)cc(-c6ccccc6)n5)ccc4N3c3ccccc3)C(C)(c3ccccc3)N12. The van der Waals surface area contributed by atoms with Crippen molar-refractivity contribution in [1.82, 2.24) is 19.4 Å². The summed E-state index contributed by atoms with van der Waals surface area (Å²) in [4.78, 5) is 15.6. The van der Waals surface area contributed by atoms with E-state index in [-0.39, 0.29) is 11.5 Å². The Morgan fingerprint density at radius 2 is 1.13 bits per heavy atom. The van der Waals surface area contributed by atoms with Crippen LogP contribution in [0.3, 0.4) is 0 Å². The quantitative estimate of drug-likeness (QED) is 0.168. The van der Waals surface area contributed by atoms with Gasteiger partial charge in [-0.15, -0.1) is 0 Å². The molecule has 7 aromatic carbocycles. The summed E-state index contributed by atoms with van der Waals surface area (Å²) in [6.07, 6.45) is 6.75. The van der Waals surface area contributed by atoms with Gasteiger partial charge in [-0.05, 0) is 96.8 Å². The first-order chi connectivity index (χ1) is 30.1. The first-order valence-corrected chi connectivity index (χ1v) is 21.0. The number of benzene rings is 7. The number of allylic oxidation sites excluding steroid dienone is 4. The van der Waals surface area contributed by atoms with E-state index in [1.165, 1.54) is 50.7 Å². The minimum absolute atomic E-state index is 0.0738. The lowest BCUT2D eigenvalue weighted by atomic mass is 9.76. The molecule has 0 spiro atoms. The molecule has 0 fully saturated rings. The molecule has 2 aromatic heterocycles. The zero-order valence-corrected chi connectivity index (χ0v) is 33.9. The molecular weight excluding hydrogens is 743 g/mol. The van der Waals surface area contributed by atoms with Crippen molar-refractivity contribution >= 4 is 33.2 Å². The lowest BCUT2D eigenvalue weighted by Gasteiger charge is -2.43. The molecule has 0 N–H and O–H groups in total. The van der Waals surface area contributed by atoms with E-state index in [2.05, 4.69) is 222 Å². The second-order valence-electron chi connectivity index (χ2n) is 16.4. The molecule has 3 aliphatic heterocycles. The van der Waals surface area contributed by atoms with Crippen LogP contribution in [0.4, 0.5) is 11.4 Å². The number of nitrogens with zero attached hydrogens (tertiary/aromatic N) is 5. The van der Waals surface area contributed by atoms with Crippen molar-refractivity contribution in [2.24, 2.45) is 0 Å². The maximum Gasteiger partial charge on any atom is 0.235 e. The van der Waals surface area contributed by atoms with E-state index in [1.54, 1.807) is 0 Å². The number of fused-ring (bicyclic) bond motifs is 7. The predicted molar refractivity (Wildman–Crippen MR) is 250 cm³/mol. The molecule has 5 heterocycles. The molecule has 2 unspecified atom stereocenters. The van der Waals surface area contributed by atoms with Crippen molar-refractivity contribution in [3.8, 4) is 39.6 Å². The van der Waals surface area contributed by atoms with Gasteiger partial charge in [0.1, 0.15) is 0 Å². The van der Waals surface area contributed by atoms with E-state index in [0.717, 1.165) is 44.3 Å². The summed E-state index contributed by atoms with van der Waals surface area (Å²) >= 11 is 0. The van der Waals surface area contributed by atoms with Crippen LogP contribution in [0, 0.1) is 0 Å². The Kier molecular flexibility index (Phi) is 7.88. The van der Waals surface area contributed by atoms with Gasteiger partial charge in [-0.2, -0.15) is 0 Å². The van der Waals surface area contributed by atoms with Crippen LogP contribution in [-0.4, -0.2) is 19.4 Å². The first kappa shape index (κ1) is 35.2. The fourth-order valence-corrected chi connectivity index (χ4v) is 10.3. The van der Waals surface area contributed by atoms with Gasteiger partial charge in [0, 0.05) is 39.0 Å². The minimum Gasteiger partial charge on any atom is -0.333 e. The third-order valence-electron chi connectivity index (χ3n) is 13.0. The van der Waals surface area contributed by atoms with E-state index >= 15 is 0 Å². The van der Waals surface area contributed by atoms with Gasteiger partial charge < -0.3 is 9.80 Å². The second kappa shape index (κ2) is 13.7. The predicted octanol–water partition coefficient (Wildman–Crippen LogP) is 13.7. The van der Waals surface area contributed by atoms with Gasteiger partial charge in [0.25, 0.3) is 0 Å². The van der Waals surface area contributed by atoms with Gasteiger partial charge in [0.15, 0.2) is 0 Å². The van der Waals surface area contributed by atoms with Crippen LogP contribution in [0.15, 0.2) is 223 Å². The molecular formula is C56H41N5. The summed E-state index contributed by atoms with van der Waals surface area (Å²) in [6, 6.07) is 67.4. The molecule has 0 saturated carbocycles. The zero-order chi connectivity index (χ0) is 40.7. The van der Waals surface area contributed by atoms with Gasteiger partial charge in [0.05, 0.1) is 45.3 Å². The number of anilines is 2. The normalized spacial score (nSPS) is 17.8. The van der Waals surface area contributed by atoms with Crippen LogP contribution in [0.5, 0.6) is 0 Å². The third-order valence-corrected chi connectivity index (χ3v) is 13.0. The molecule has 0 aliphatic carbocycles. The molecule has 0 bridgehead atoms. The van der Waals surface area contributed by atoms with Gasteiger partial charge in [-0.1, -0.05) is 146 Å². The van der Waals surface area contributed by atoms with E-state index in [4.69, 9.17) is 9.97 Å². The Labute approximate surface area is 355 Å². The van der Waals surface area contributed by atoms with Crippen LogP contribution in [0.2, 0.25) is 0 Å². The van der Waals surface area contributed by atoms with Crippen LogP contribution >= 0.6 is 0 Å². The van der Waals surface area contributed by atoms with Gasteiger partial charge in [-0.3, -0.25) is 4.57 Å². The van der Waals surface area contributed by atoms with Crippen LogP contribution < -0.4 is 4.90 Å². The Morgan fingerprint density at radius 1 is 0.541 bits per heavy atom. The molecule has 0 radical (unpaired) electrons. The maximum atomic E-state index is 5.26. The Balaban J connectivity index is 1.05. The van der Waals surface area contributed by atoms with Gasteiger partial charge in [-0.25, -0.2) is 9.97 Å². The Hall–Kier alpha value is -7.76. The lowest BCUT2D eigenvalue weighted by molar-refractivity contribution is 0.203. The molecule has 0 saturated heterocycles. The fourth-order valence-electron chi connectivity index (χ4n) is 10.3. The number of hydrogen-bond acceptors (Lipinski definition) is 4. The smallest absolute Gasteiger partial charge is 0.235 e. The molecule has 5 heteroatoms. The molecule has 12 rings (SSSR count). The summed E-state index contributed by atoms with van der Waals surface area (Å²) in [5.41, 5.74) is 16.8. The minimum atomic E-state index is -0.363. The zero-order valence-electron chi connectivity index (χ0n) is 33.9. The van der Waals surface area contributed by atoms with Gasteiger partial charge >= 0.3 is 0 Å². The molecule has 0 amide bonds. The molecule has 2 atom stereocenters. The number of para-hydroxylation sites is 2. The highest BCUT2D eigenvalue weighted by molar-refractivity contribution is 6.10. The molecule has 290 valence electrons. The molecule has 3 aliphatic rings. The van der Waals surface area contributed by atoms with Crippen molar-refractivity contribution in [2.45, 2.75) is 25.3 Å². The highest BCUT2D eigenvalue weighted by Crippen LogP contribution is 2.64. The van der Waals surface area contributed by atoms with Crippen molar-refractivity contribution in [3.05, 3.63) is 235 Å². The van der Waals surface area contributed by atoms with Crippen LogP contribution in [0.1, 0.15) is 30.9 Å². The van der Waals surface area contributed by atoms with Crippen molar-refractivity contribution in [1.29, 1.82) is 0 Å². The maximum absolute atomic E-state index is 5.26. The number of hydrogen-bond donors (Lipinski definition) is 0. The lowest BCUT2D eigenvalue weighted by Crippen LogP contribution is -2.42. The van der Waals surface area contributed by atoms with E-state index in [1.807, 2.05) is 12.1 Å². The molecule has 9 aromatic rings. The van der Waals surface area contributed by atoms with E-state index in [9.17, 15) is 0 Å². The van der Waals surface area contributed by atoms with Crippen molar-refractivity contribution < 1.29 is 0 Å². The summed E-state index contributed by atoms with van der Waals surface area (Å²) < 4.78 is 2.23. The average molecular weight is 784 g/mol. The Morgan fingerprint density at radius 3 is 1.84 bits per heavy atom. The van der Waals surface area contributed by atoms with Crippen molar-refractivity contribution in [3.63, 3.8) is 0 Å². The van der Waals surface area contributed by atoms with Crippen LogP contribution in [-0.2, 0) is 5.54 Å². The highest BCUT2D eigenvalue weighted by atomic mass is 15.3. The van der Waals surface area contributed by atoms with E-state index < -0.39 is 0 Å². The van der Waals surface area contributed by atoms with Gasteiger partial charge in [0.2, 0.25) is 5.95 Å². The summed E-state index contributed by atoms with van der Waals surface area (Å²) in [5, 5.41) is 2.33. The first-order valence-electron chi connectivity index (χ1n) is 21.0. The van der Waals surface area contributed by atoms with Crippen molar-refractivity contribution in [2.75, 3.05) is 4.90 Å². The topological polar surface area (TPSA) is 37.2 Å². The average Bonchev–Trinajstić information content (AvgIpc) is 3.94. The highest BCUT2D eigenvalue weighted by Gasteiger charge is 2.57. The largest absolute Gasteiger partial charge is 0.333 e. The number of aromatic nitrogens is 3. The van der Waals surface area contributed by atoms with E-state index in [0.29, 0.717) is 5.95 Å².